The zero-order valence-electron chi connectivity index (χ0n) is 11.9. The van der Waals surface area contributed by atoms with E-state index >= 15 is 0 Å². The topological polar surface area (TPSA) is 56.5 Å². The van der Waals surface area contributed by atoms with Gasteiger partial charge < -0.3 is 9.15 Å². The lowest BCUT2D eigenvalue weighted by Gasteiger charge is -2.09. The molecule has 0 bridgehead atoms. The van der Waals surface area contributed by atoms with E-state index in [4.69, 9.17) is 32.4 Å². The van der Waals surface area contributed by atoms with Gasteiger partial charge in [-0.15, -0.1) is 0 Å². The number of benzene rings is 2. The third kappa shape index (κ3) is 2.96. The zero-order valence-corrected chi connectivity index (χ0v) is 13.4. The van der Waals surface area contributed by atoms with Crippen LogP contribution in [0.15, 0.2) is 51.9 Å². The number of hydrogen-bond acceptors (Lipinski definition) is 4. The minimum absolute atomic E-state index is 0.00260. The second kappa shape index (κ2) is 6.07. The highest BCUT2D eigenvalue weighted by atomic mass is 35.5. The van der Waals surface area contributed by atoms with Gasteiger partial charge in [0.25, 0.3) is 0 Å². The summed E-state index contributed by atoms with van der Waals surface area (Å²) >= 11 is 11.5. The molecule has 0 amide bonds. The quantitative estimate of drug-likeness (QED) is 0.500. The molecule has 2 aromatic carbocycles. The van der Waals surface area contributed by atoms with E-state index in [-0.39, 0.29) is 10.5 Å². The summed E-state index contributed by atoms with van der Waals surface area (Å²) in [6, 6.07) is 9.41. The van der Waals surface area contributed by atoms with Gasteiger partial charge in [0.2, 0.25) is 5.43 Å². The number of ether oxygens (including phenoxy) is 1. The van der Waals surface area contributed by atoms with Gasteiger partial charge in [-0.3, -0.25) is 4.79 Å². The van der Waals surface area contributed by atoms with Crippen molar-refractivity contribution in [3.05, 3.63) is 74.1 Å². The number of carbonyl (C=O) groups is 1. The summed E-state index contributed by atoms with van der Waals surface area (Å²) < 4.78 is 10.7. The maximum atomic E-state index is 12.2. The van der Waals surface area contributed by atoms with E-state index in [1.165, 1.54) is 12.3 Å². The van der Waals surface area contributed by atoms with Gasteiger partial charge in [0.15, 0.2) is 0 Å². The summed E-state index contributed by atoms with van der Waals surface area (Å²) in [5.74, 6) is -0.219. The van der Waals surface area contributed by atoms with Crippen LogP contribution in [-0.2, 0) is 0 Å². The molecule has 3 aromatic rings. The standard InChI is InChI=1S/C17H10Cl2O4/c1-9-14(23-17(21)10-2-4-11(18)5-3-10)7-6-12-15(20)13(19)8-22-16(9)12/h2-8H,1H3. The average molecular weight is 349 g/mol. The molecule has 3 rings (SSSR count). The van der Waals surface area contributed by atoms with E-state index in [0.29, 0.717) is 32.9 Å². The van der Waals surface area contributed by atoms with Crippen LogP contribution in [0.25, 0.3) is 11.0 Å². The minimum Gasteiger partial charge on any atom is -0.462 e. The van der Waals surface area contributed by atoms with E-state index in [1.807, 2.05) is 0 Å². The molecular weight excluding hydrogens is 339 g/mol. The third-order valence-corrected chi connectivity index (χ3v) is 3.89. The highest BCUT2D eigenvalue weighted by Crippen LogP contribution is 2.27. The van der Waals surface area contributed by atoms with Gasteiger partial charge in [-0.2, -0.15) is 0 Å². The lowest BCUT2D eigenvalue weighted by Crippen LogP contribution is -2.10. The predicted octanol–water partition coefficient (Wildman–Crippen LogP) is 4.63. The van der Waals surface area contributed by atoms with E-state index in [0.717, 1.165) is 0 Å². The Labute approximate surface area is 141 Å². The Morgan fingerprint density at radius 3 is 2.48 bits per heavy atom. The molecular formula is C17H10Cl2O4. The molecule has 0 aliphatic heterocycles. The number of hydrogen-bond donors (Lipinski definition) is 0. The Bertz CT molecular complexity index is 959. The van der Waals surface area contributed by atoms with Crippen molar-refractivity contribution in [2.45, 2.75) is 6.92 Å². The van der Waals surface area contributed by atoms with Gasteiger partial charge in [0.1, 0.15) is 22.6 Å². The molecule has 1 aromatic heterocycles. The van der Waals surface area contributed by atoms with Crippen molar-refractivity contribution in [1.82, 2.24) is 0 Å². The van der Waals surface area contributed by atoms with Crippen LogP contribution in [0.4, 0.5) is 0 Å². The van der Waals surface area contributed by atoms with Crippen LogP contribution >= 0.6 is 23.2 Å². The molecule has 0 spiro atoms. The normalized spacial score (nSPS) is 10.7. The second-order valence-electron chi connectivity index (χ2n) is 4.87. The maximum Gasteiger partial charge on any atom is 0.343 e. The van der Waals surface area contributed by atoms with Crippen LogP contribution in [0.2, 0.25) is 10.0 Å². The molecule has 4 nitrogen and oxygen atoms in total. The first-order valence-electron chi connectivity index (χ1n) is 6.66. The van der Waals surface area contributed by atoms with Gasteiger partial charge in [0.05, 0.1) is 10.9 Å². The van der Waals surface area contributed by atoms with Crippen molar-refractivity contribution >= 4 is 40.1 Å². The Morgan fingerprint density at radius 2 is 1.78 bits per heavy atom. The highest BCUT2D eigenvalue weighted by Gasteiger charge is 2.15. The number of esters is 1. The molecule has 23 heavy (non-hydrogen) atoms. The number of aryl methyl sites for hydroxylation is 1. The summed E-state index contributed by atoms with van der Waals surface area (Å²) in [4.78, 5) is 24.1. The Kier molecular flexibility index (Phi) is 4.11. The largest absolute Gasteiger partial charge is 0.462 e. The van der Waals surface area contributed by atoms with Crippen LogP contribution in [0, 0.1) is 6.92 Å². The lowest BCUT2D eigenvalue weighted by molar-refractivity contribution is 0.0733. The first kappa shape index (κ1) is 15.6. The Balaban J connectivity index is 1.99. The van der Waals surface area contributed by atoms with Gasteiger partial charge >= 0.3 is 5.97 Å². The molecule has 0 radical (unpaired) electrons. The number of halogens is 2. The average Bonchev–Trinajstić information content (AvgIpc) is 2.54. The van der Waals surface area contributed by atoms with Crippen molar-refractivity contribution in [2.24, 2.45) is 0 Å². The first-order valence-corrected chi connectivity index (χ1v) is 7.41. The van der Waals surface area contributed by atoms with E-state index in [9.17, 15) is 9.59 Å². The molecule has 0 saturated carbocycles. The summed E-state index contributed by atoms with van der Waals surface area (Å²) in [7, 11) is 0. The maximum absolute atomic E-state index is 12.2. The van der Waals surface area contributed by atoms with Crippen LogP contribution in [-0.4, -0.2) is 5.97 Å². The molecule has 0 N–H and O–H groups in total. The van der Waals surface area contributed by atoms with Crippen molar-refractivity contribution in [3.63, 3.8) is 0 Å². The van der Waals surface area contributed by atoms with E-state index in [2.05, 4.69) is 0 Å². The predicted molar refractivity (Wildman–Crippen MR) is 88.6 cm³/mol. The van der Waals surface area contributed by atoms with Crippen molar-refractivity contribution in [1.29, 1.82) is 0 Å². The summed E-state index contributed by atoms with van der Waals surface area (Å²) in [6.07, 6.45) is 1.17. The fraction of sp³-hybridized carbons (Fsp3) is 0.0588. The van der Waals surface area contributed by atoms with Gasteiger partial charge in [-0.1, -0.05) is 23.2 Å². The van der Waals surface area contributed by atoms with Crippen molar-refractivity contribution in [2.75, 3.05) is 0 Å². The fourth-order valence-corrected chi connectivity index (χ4v) is 2.42. The van der Waals surface area contributed by atoms with Crippen molar-refractivity contribution < 1.29 is 13.9 Å². The number of carbonyl (C=O) groups excluding carboxylic acids is 1. The molecule has 6 heteroatoms. The van der Waals surface area contributed by atoms with E-state index in [1.54, 1.807) is 37.3 Å². The van der Waals surface area contributed by atoms with Gasteiger partial charge in [-0.25, -0.2) is 4.79 Å². The Morgan fingerprint density at radius 1 is 1.09 bits per heavy atom. The molecule has 0 aliphatic carbocycles. The molecule has 0 aliphatic rings. The molecule has 1 heterocycles. The van der Waals surface area contributed by atoms with Gasteiger partial charge in [0, 0.05) is 10.6 Å². The first-order chi connectivity index (χ1) is 11.0. The summed E-state index contributed by atoms with van der Waals surface area (Å²) in [6.45, 7) is 1.70. The van der Waals surface area contributed by atoms with E-state index < -0.39 is 5.97 Å². The minimum atomic E-state index is -0.527. The Hall–Kier alpha value is -2.30. The smallest absolute Gasteiger partial charge is 0.343 e. The molecule has 0 atom stereocenters. The monoisotopic (exact) mass is 348 g/mol. The summed E-state index contributed by atoms with van der Waals surface area (Å²) in [5, 5.41) is 0.867. The van der Waals surface area contributed by atoms with Gasteiger partial charge in [-0.05, 0) is 43.3 Å². The third-order valence-electron chi connectivity index (χ3n) is 3.38. The van der Waals surface area contributed by atoms with Crippen LogP contribution in [0.3, 0.4) is 0 Å². The molecule has 0 unspecified atom stereocenters. The van der Waals surface area contributed by atoms with Crippen molar-refractivity contribution in [3.8, 4) is 5.75 Å². The second-order valence-corrected chi connectivity index (χ2v) is 5.72. The zero-order chi connectivity index (χ0) is 16.6. The molecule has 0 fully saturated rings. The lowest BCUT2D eigenvalue weighted by atomic mass is 10.1. The van der Waals surface area contributed by atoms with Crippen LogP contribution in [0.1, 0.15) is 15.9 Å². The SMILES string of the molecule is Cc1c(OC(=O)c2ccc(Cl)cc2)ccc2c(=O)c(Cl)coc12. The molecule has 116 valence electrons. The molecule has 0 saturated heterocycles. The number of fused-ring (bicyclic) bond motifs is 1. The van der Waals surface area contributed by atoms with Crippen LogP contribution in [0.5, 0.6) is 5.75 Å². The fourth-order valence-electron chi connectivity index (χ4n) is 2.15. The summed E-state index contributed by atoms with van der Waals surface area (Å²) in [5.41, 5.74) is 0.914. The van der Waals surface area contributed by atoms with Crippen LogP contribution < -0.4 is 10.2 Å². The highest BCUT2D eigenvalue weighted by molar-refractivity contribution is 6.31. The number of rotatable bonds is 2.